The number of nitrogens with zero attached hydrogens (tertiary/aromatic N) is 2. The molecule has 192 valence electrons. The summed E-state index contributed by atoms with van der Waals surface area (Å²) in [6, 6.07) is 11.2. The molecule has 0 fully saturated rings. The number of halogens is 1. The number of rotatable bonds is 12. The summed E-state index contributed by atoms with van der Waals surface area (Å²) in [5.41, 5.74) is 0.876. The molecule has 35 heavy (non-hydrogen) atoms. The number of ether oxygens (including phenoxy) is 1. The molecule has 0 bridgehead atoms. The Morgan fingerprint density at radius 3 is 2.31 bits per heavy atom. The Morgan fingerprint density at radius 1 is 1.11 bits per heavy atom. The molecule has 0 spiro atoms. The highest BCUT2D eigenvalue weighted by Gasteiger charge is 2.31. The van der Waals surface area contributed by atoms with Gasteiger partial charge in [-0.05, 0) is 42.2 Å². The molecule has 0 saturated carbocycles. The van der Waals surface area contributed by atoms with Crippen molar-refractivity contribution >= 4 is 27.5 Å². The van der Waals surface area contributed by atoms with Crippen molar-refractivity contribution in [3.05, 3.63) is 59.9 Å². The Balaban J connectivity index is 2.42. The van der Waals surface area contributed by atoms with Crippen molar-refractivity contribution in [2.24, 2.45) is 5.92 Å². The predicted molar refractivity (Wildman–Crippen MR) is 134 cm³/mol. The molecular formula is C25H34FN3O5S. The Kier molecular flexibility index (Phi) is 10.1. The number of methoxy groups -OCH3 is 1. The van der Waals surface area contributed by atoms with Gasteiger partial charge in [0.15, 0.2) is 0 Å². The van der Waals surface area contributed by atoms with E-state index in [9.17, 15) is 22.4 Å². The minimum atomic E-state index is -3.84. The van der Waals surface area contributed by atoms with Crippen LogP contribution in [0.15, 0.2) is 48.5 Å². The van der Waals surface area contributed by atoms with Crippen molar-refractivity contribution in [1.82, 2.24) is 10.2 Å². The van der Waals surface area contributed by atoms with Crippen LogP contribution >= 0.6 is 0 Å². The summed E-state index contributed by atoms with van der Waals surface area (Å²) in [7, 11) is -2.38. The van der Waals surface area contributed by atoms with Crippen molar-refractivity contribution in [1.29, 1.82) is 0 Å². The fraction of sp³-hybridized carbons (Fsp3) is 0.440. The lowest BCUT2D eigenvalue weighted by atomic mass is 10.1. The zero-order chi connectivity index (χ0) is 26.2. The summed E-state index contributed by atoms with van der Waals surface area (Å²) >= 11 is 0. The van der Waals surface area contributed by atoms with Crippen LogP contribution in [0.2, 0.25) is 0 Å². The number of hydrogen-bond acceptors (Lipinski definition) is 5. The molecule has 2 rings (SSSR count). The lowest BCUT2D eigenvalue weighted by Gasteiger charge is -2.33. The molecule has 8 nitrogen and oxygen atoms in total. The summed E-state index contributed by atoms with van der Waals surface area (Å²) in [6.45, 7) is 5.64. The van der Waals surface area contributed by atoms with Gasteiger partial charge >= 0.3 is 0 Å². The number of nitrogens with one attached hydrogen (secondary N) is 1. The molecule has 0 saturated heterocycles. The molecule has 0 radical (unpaired) electrons. The molecule has 0 heterocycles. The van der Waals surface area contributed by atoms with Crippen LogP contribution in [0.25, 0.3) is 0 Å². The molecule has 2 amide bonds. The zero-order valence-corrected chi connectivity index (χ0v) is 21.6. The Morgan fingerprint density at radius 2 is 1.77 bits per heavy atom. The third kappa shape index (κ3) is 8.24. The average molecular weight is 508 g/mol. The van der Waals surface area contributed by atoms with Crippen LogP contribution in [0.1, 0.15) is 32.8 Å². The summed E-state index contributed by atoms with van der Waals surface area (Å²) in [5, 5.41) is 2.85. The lowest BCUT2D eigenvalue weighted by molar-refractivity contribution is -0.140. The molecule has 10 heteroatoms. The summed E-state index contributed by atoms with van der Waals surface area (Å²) in [5.74, 6) is -0.662. The number of carbonyl (C=O) groups excluding carboxylic acids is 2. The predicted octanol–water partition coefficient (Wildman–Crippen LogP) is 3.18. The van der Waals surface area contributed by atoms with E-state index in [1.807, 2.05) is 13.8 Å². The van der Waals surface area contributed by atoms with E-state index in [0.717, 1.165) is 10.6 Å². The average Bonchev–Trinajstić information content (AvgIpc) is 2.81. The second kappa shape index (κ2) is 12.5. The van der Waals surface area contributed by atoms with Gasteiger partial charge in [-0.2, -0.15) is 0 Å². The maximum absolute atomic E-state index is 13.6. The zero-order valence-electron chi connectivity index (χ0n) is 20.8. The van der Waals surface area contributed by atoms with Gasteiger partial charge in [-0.3, -0.25) is 13.9 Å². The van der Waals surface area contributed by atoms with E-state index in [0.29, 0.717) is 24.3 Å². The van der Waals surface area contributed by atoms with Crippen LogP contribution in [-0.2, 0) is 26.2 Å². The number of benzene rings is 2. The first kappa shape index (κ1) is 28.1. The fourth-order valence-corrected chi connectivity index (χ4v) is 4.35. The smallest absolute Gasteiger partial charge is 0.244 e. The van der Waals surface area contributed by atoms with Gasteiger partial charge in [0.1, 0.15) is 24.2 Å². The standard InChI is InChI=1S/C25H34FN3O5S/c1-6-23(25(31)27-15-18(2)3)28(16-19-10-12-20(26)13-11-19)24(30)17-29(35(5,32)33)21-8-7-9-22(14-21)34-4/h7-14,18,23H,6,15-17H2,1-5H3,(H,27,31)/t23-/m1/s1. The van der Waals surface area contributed by atoms with Gasteiger partial charge < -0.3 is 15.0 Å². The quantitative estimate of drug-likeness (QED) is 0.476. The molecule has 2 aromatic rings. The highest BCUT2D eigenvalue weighted by Crippen LogP contribution is 2.24. The lowest BCUT2D eigenvalue weighted by Crippen LogP contribution is -2.52. The number of anilines is 1. The van der Waals surface area contributed by atoms with E-state index >= 15 is 0 Å². The molecule has 1 N–H and O–H groups in total. The second-order valence-electron chi connectivity index (χ2n) is 8.68. The van der Waals surface area contributed by atoms with Crippen molar-refractivity contribution in [2.45, 2.75) is 39.8 Å². The number of hydrogen-bond donors (Lipinski definition) is 1. The molecule has 1 atom stereocenters. The maximum Gasteiger partial charge on any atom is 0.244 e. The van der Waals surface area contributed by atoms with E-state index in [4.69, 9.17) is 4.74 Å². The highest BCUT2D eigenvalue weighted by molar-refractivity contribution is 7.92. The van der Waals surface area contributed by atoms with Crippen molar-refractivity contribution in [3.8, 4) is 5.75 Å². The molecule has 0 aliphatic carbocycles. The molecule has 0 unspecified atom stereocenters. The van der Waals surface area contributed by atoms with Crippen molar-refractivity contribution in [3.63, 3.8) is 0 Å². The third-order valence-corrected chi connectivity index (χ3v) is 6.50. The Labute approximate surface area is 207 Å². The third-order valence-electron chi connectivity index (χ3n) is 5.36. The first-order valence-corrected chi connectivity index (χ1v) is 13.2. The van der Waals surface area contributed by atoms with Crippen LogP contribution in [0.5, 0.6) is 5.75 Å². The molecule has 0 aliphatic heterocycles. The van der Waals surface area contributed by atoms with Crippen LogP contribution in [-0.4, -0.2) is 57.6 Å². The van der Waals surface area contributed by atoms with Gasteiger partial charge in [0.2, 0.25) is 21.8 Å². The van der Waals surface area contributed by atoms with E-state index in [2.05, 4.69) is 5.32 Å². The van der Waals surface area contributed by atoms with Gasteiger partial charge in [-0.1, -0.05) is 39.0 Å². The molecular weight excluding hydrogens is 473 g/mol. The summed E-state index contributed by atoms with van der Waals surface area (Å²) in [6.07, 6.45) is 1.33. The first-order valence-electron chi connectivity index (χ1n) is 11.4. The first-order chi connectivity index (χ1) is 16.5. The summed E-state index contributed by atoms with van der Waals surface area (Å²) in [4.78, 5) is 27.9. The minimum absolute atomic E-state index is 0.0163. The number of carbonyl (C=O) groups is 2. The van der Waals surface area contributed by atoms with E-state index in [1.54, 1.807) is 25.1 Å². The molecule has 0 aromatic heterocycles. The van der Waals surface area contributed by atoms with Crippen molar-refractivity contribution in [2.75, 3.05) is 30.8 Å². The van der Waals surface area contributed by atoms with E-state index < -0.39 is 34.3 Å². The molecule has 2 aromatic carbocycles. The Hall–Kier alpha value is -3.14. The van der Waals surface area contributed by atoms with Gasteiger partial charge in [0.25, 0.3) is 0 Å². The highest BCUT2D eigenvalue weighted by atomic mass is 32.2. The largest absolute Gasteiger partial charge is 0.497 e. The van der Waals surface area contributed by atoms with Crippen LogP contribution in [0, 0.1) is 11.7 Å². The maximum atomic E-state index is 13.6. The summed E-state index contributed by atoms with van der Waals surface area (Å²) < 4.78 is 44.9. The molecule has 0 aliphatic rings. The van der Waals surface area contributed by atoms with Crippen LogP contribution in [0.4, 0.5) is 10.1 Å². The van der Waals surface area contributed by atoms with Crippen LogP contribution in [0.3, 0.4) is 0 Å². The number of sulfonamides is 1. The van der Waals surface area contributed by atoms with E-state index in [1.165, 1.54) is 42.3 Å². The van der Waals surface area contributed by atoms with Crippen LogP contribution < -0.4 is 14.4 Å². The normalized spacial score (nSPS) is 12.2. The van der Waals surface area contributed by atoms with Gasteiger partial charge in [0.05, 0.1) is 19.1 Å². The monoisotopic (exact) mass is 507 g/mol. The minimum Gasteiger partial charge on any atom is -0.497 e. The van der Waals surface area contributed by atoms with Crippen molar-refractivity contribution < 1.29 is 27.1 Å². The SMILES string of the molecule is CC[C@H](C(=O)NCC(C)C)N(Cc1ccc(F)cc1)C(=O)CN(c1cccc(OC)c1)S(C)(=O)=O. The van der Waals surface area contributed by atoms with Gasteiger partial charge in [-0.15, -0.1) is 0 Å². The van der Waals surface area contributed by atoms with E-state index in [-0.39, 0.29) is 24.1 Å². The van der Waals surface area contributed by atoms with Gasteiger partial charge in [-0.25, -0.2) is 12.8 Å². The Bertz CT molecular complexity index is 1110. The van der Waals surface area contributed by atoms with Gasteiger partial charge in [0, 0.05) is 19.2 Å². The fourth-order valence-electron chi connectivity index (χ4n) is 3.51. The topological polar surface area (TPSA) is 96.0 Å². The second-order valence-corrected chi connectivity index (χ2v) is 10.6. The number of amides is 2.